The normalized spacial score (nSPS) is 14.8. The Hall–Kier alpha value is -4.11. The fourth-order valence-electron chi connectivity index (χ4n) is 5.80. The Balaban J connectivity index is 1.35. The highest BCUT2D eigenvalue weighted by Crippen LogP contribution is 2.40. The van der Waals surface area contributed by atoms with E-state index >= 15 is 0 Å². The number of hydrogen-bond donors (Lipinski definition) is 3. The third-order valence-corrected chi connectivity index (χ3v) is 7.65. The fourth-order valence-corrected chi connectivity index (χ4v) is 5.80. The van der Waals surface area contributed by atoms with Gasteiger partial charge in [0.1, 0.15) is 23.6 Å². The van der Waals surface area contributed by atoms with Crippen LogP contribution in [0.1, 0.15) is 35.4 Å². The first-order valence-electron chi connectivity index (χ1n) is 12.7. The van der Waals surface area contributed by atoms with Crippen molar-refractivity contribution in [3.63, 3.8) is 0 Å². The van der Waals surface area contributed by atoms with Crippen LogP contribution < -0.4 is 15.8 Å². The second-order valence-electron chi connectivity index (χ2n) is 9.68. The van der Waals surface area contributed by atoms with Gasteiger partial charge in [0.15, 0.2) is 0 Å². The Morgan fingerprint density at radius 2 is 1.95 bits per heavy atom. The summed E-state index contributed by atoms with van der Waals surface area (Å²) in [6, 6.07) is 11.2. The average molecular weight is 499 g/mol. The quantitative estimate of drug-likeness (QED) is 0.387. The van der Waals surface area contributed by atoms with Crippen molar-refractivity contribution in [2.45, 2.75) is 45.4 Å². The van der Waals surface area contributed by atoms with Gasteiger partial charge in [0.2, 0.25) is 0 Å². The van der Waals surface area contributed by atoms with E-state index in [-0.39, 0.29) is 12.2 Å². The van der Waals surface area contributed by atoms with Crippen LogP contribution in [0.25, 0.3) is 11.3 Å². The van der Waals surface area contributed by atoms with Crippen molar-refractivity contribution in [3.8, 4) is 17.0 Å². The third kappa shape index (κ3) is 3.95. The van der Waals surface area contributed by atoms with Gasteiger partial charge in [0.25, 0.3) is 5.56 Å². The maximum Gasteiger partial charge on any atom is 0.274 e. The van der Waals surface area contributed by atoms with Gasteiger partial charge >= 0.3 is 0 Å². The number of anilines is 3. The molecular formula is C28H30N6O3. The maximum absolute atomic E-state index is 13.2. The summed E-state index contributed by atoms with van der Waals surface area (Å²) in [5, 5.41) is 24.5. The lowest BCUT2D eigenvalue weighted by molar-refractivity contribution is 0.282. The first-order valence-corrected chi connectivity index (χ1v) is 12.7. The van der Waals surface area contributed by atoms with E-state index in [9.17, 15) is 15.0 Å². The fraction of sp³-hybridized carbons (Fsp3) is 0.321. The number of nitrogens with zero attached hydrogens (tertiary/aromatic N) is 5. The summed E-state index contributed by atoms with van der Waals surface area (Å²) in [6.07, 6.45) is 7.07. The number of benzene rings is 1. The first kappa shape index (κ1) is 23.3. The number of aromatic nitrogens is 4. The van der Waals surface area contributed by atoms with Gasteiger partial charge in [-0.2, -0.15) is 0 Å². The van der Waals surface area contributed by atoms with Crippen molar-refractivity contribution >= 4 is 17.2 Å². The lowest BCUT2D eigenvalue weighted by Gasteiger charge is -2.32. The molecule has 6 rings (SSSR count). The predicted octanol–water partition coefficient (Wildman–Crippen LogP) is 3.48. The molecule has 4 aromatic rings. The second kappa shape index (κ2) is 9.40. The zero-order chi connectivity index (χ0) is 25.5. The number of aromatic hydroxyl groups is 1. The highest BCUT2D eigenvalue weighted by atomic mass is 16.3. The third-order valence-electron chi connectivity index (χ3n) is 7.65. The van der Waals surface area contributed by atoms with Gasteiger partial charge in [-0.3, -0.25) is 4.79 Å². The minimum Gasteiger partial charge on any atom is -0.506 e. The summed E-state index contributed by atoms with van der Waals surface area (Å²) < 4.78 is 3.91. The number of aliphatic hydroxyl groups excluding tert-OH is 1. The van der Waals surface area contributed by atoms with Crippen LogP contribution in [-0.2, 0) is 39.6 Å². The number of pyridine rings is 1. The maximum atomic E-state index is 13.2. The molecule has 0 saturated carbocycles. The second-order valence-corrected chi connectivity index (χ2v) is 9.68. The zero-order valence-corrected chi connectivity index (χ0v) is 20.8. The van der Waals surface area contributed by atoms with E-state index in [1.807, 2.05) is 24.3 Å². The number of aliphatic hydroxyl groups is 1. The van der Waals surface area contributed by atoms with E-state index < -0.39 is 0 Å². The molecule has 0 aliphatic carbocycles. The molecule has 2 aliphatic heterocycles. The molecule has 9 nitrogen and oxygen atoms in total. The largest absolute Gasteiger partial charge is 0.506 e. The summed E-state index contributed by atoms with van der Waals surface area (Å²) in [4.78, 5) is 23.4. The summed E-state index contributed by atoms with van der Waals surface area (Å²) >= 11 is 0. The highest BCUT2D eigenvalue weighted by Gasteiger charge is 2.30. The lowest BCUT2D eigenvalue weighted by atomic mass is 9.99. The van der Waals surface area contributed by atoms with Crippen LogP contribution in [0.5, 0.6) is 5.75 Å². The molecule has 5 heterocycles. The number of nitrogens with one attached hydrogen (secondary N) is 1. The average Bonchev–Trinajstić information content (AvgIpc) is 3.23. The van der Waals surface area contributed by atoms with Crippen molar-refractivity contribution in [3.05, 3.63) is 81.8 Å². The van der Waals surface area contributed by atoms with Crippen LogP contribution in [0.15, 0.2) is 53.7 Å². The molecule has 0 amide bonds. The van der Waals surface area contributed by atoms with Gasteiger partial charge in [0.05, 0.1) is 18.0 Å². The molecule has 2 aliphatic rings. The van der Waals surface area contributed by atoms with E-state index in [4.69, 9.17) is 0 Å². The predicted molar refractivity (Wildman–Crippen MR) is 142 cm³/mol. The van der Waals surface area contributed by atoms with Gasteiger partial charge in [-0.1, -0.05) is 12.1 Å². The standard InChI is InChI=1S/C28H30N6O3/c1-32-22(9-8-21(28(32)37)31-26-10-12-29-17-30-26)18-5-4-7-23(20(18)16-35)33-14-11-24-19(15-33)27(36)25-6-2-3-13-34(24)25/h4-5,7-10,12,17,35-36H,2-3,6,11,13-16H2,1H3,(H,29,30,31). The van der Waals surface area contributed by atoms with Crippen LogP contribution in [0.2, 0.25) is 0 Å². The lowest BCUT2D eigenvalue weighted by Crippen LogP contribution is -2.32. The Labute approximate surface area is 214 Å². The van der Waals surface area contributed by atoms with Crippen molar-refractivity contribution in [1.82, 2.24) is 19.1 Å². The Morgan fingerprint density at radius 3 is 2.76 bits per heavy atom. The summed E-state index contributed by atoms with van der Waals surface area (Å²) in [6.45, 7) is 2.21. The van der Waals surface area contributed by atoms with E-state index in [1.165, 1.54) is 12.0 Å². The summed E-state index contributed by atoms with van der Waals surface area (Å²) in [5.74, 6) is 0.980. The van der Waals surface area contributed by atoms with E-state index in [0.29, 0.717) is 29.5 Å². The van der Waals surface area contributed by atoms with Crippen LogP contribution in [0.4, 0.5) is 17.2 Å². The molecular weight excluding hydrogens is 468 g/mol. The Kier molecular flexibility index (Phi) is 5.92. The highest BCUT2D eigenvalue weighted by molar-refractivity contribution is 5.74. The molecule has 0 radical (unpaired) electrons. The zero-order valence-electron chi connectivity index (χ0n) is 20.8. The van der Waals surface area contributed by atoms with E-state index in [2.05, 4.69) is 24.8 Å². The molecule has 0 unspecified atom stereocenters. The molecule has 0 fully saturated rings. The molecule has 3 N–H and O–H groups in total. The van der Waals surface area contributed by atoms with Gasteiger partial charge in [-0.25, -0.2) is 9.97 Å². The SMILES string of the molecule is Cn1c(-c2cccc(N3CCc4c(c(O)c5n4CCCC5)C3)c2CO)ccc(Nc2ccncn2)c1=O. The van der Waals surface area contributed by atoms with Gasteiger partial charge < -0.3 is 29.6 Å². The molecule has 3 aromatic heterocycles. The molecule has 9 heteroatoms. The van der Waals surface area contributed by atoms with Gasteiger partial charge in [-0.15, -0.1) is 0 Å². The van der Waals surface area contributed by atoms with Crippen molar-refractivity contribution < 1.29 is 10.2 Å². The number of rotatable bonds is 5. The topological polar surface area (TPSA) is 108 Å². The molecule has 0 bridgehead atoms. The van der Waals surface area contributed by atoms with Crippen LogP contribution in [0, 0.1) is 0 Å². The van der Waals surface area contributed by atoms with Crippen molar-refractivity contribution in [2.24, 2.45) is 7.05 Å². The monoisotopic (exact) mass is 498 g/mol. The Bertz CT molecular complexity index is 1530. The van der Waals surface area contributed by atoms with Gasteiger partial charge in [0, 0.05) is 67.4 Å². The molecule has 0 atom stereocenters. The van der Waals surface area contributed by atoms with Crippen LogP contribution in [0.3, 0.4) is 0 Å². The molecule has 0 spiro atoms. The van der Waals surface area contributed by atoms with Crippen LogP contribution in [-0.4, -0.2) is 35.9 Å². The minimum absolute atomic E-state index is 0.164. The van der Waals surface area contributed by atoms with E-state index in [1.54, 1.807) is 29.9 Å². The number of fused-ring (bicyclic) bond motifs is 3. The van der Waals surface area contributed by atoms with Gasteiger partial charge in [-0.05, 0) is 43.5 Å². The summed E-state index contributed by atoms with van der Waals surface area (Å²) in [7, 11) is 1.73. The molecule has 190 valence electrons. The van der Waals surface area contributed by atoms with Crippen LogP contribution >= 0.6 is 0 Å². The Morgan fingerprint density at radius 1 is 1.05 bits per heavy atom. The smallest absolute Gasteiger partial charge is 0.274 e. The van der Waals surface area contributed by atoms with E-state index in [0.717, 1.165) is 66.8 Å². The molecule has 1 aromatic carbocycles. The summed E-state index contributed by atoms with van der Waals surface area (Å²) in [5.41, 5.74) is 6.74. The number of hydrogen-bond acceptors (Lipinski definition) is 7. The molecule has 37 heavy (non-hydrogen) atoms. The molecule has 0 saturated heterocycles. The van der Waals surface area contributed by atoms with Crippen molar-refractivity contribution in [1.29, 1.82) is 0 Å². The minimum atomic E-state index is -0.197. The van der Waals surface area contributed by atoms with Crippen molar-refractivity contribution in [2.75, 3.05) is 16.8 Å². The first-order chi connectivity index (χ1) is 18.1.